The van der Waals surface area contributed by atoms with Crippen LogP contribution < -0.4 is 21.9 Å². The van der Waals surface area contributed by atoms with Crippen LogP contribution in [0.15, 0.2) is 133 Å². The Morgan fingerprint density at radius 1 is 0.391 bits per heavy atom. The molecule has 0 radical (unpaired) electrons. The standard InChI is InChI=1S/C28H22B.C16H36N/c1-4-15-24(16-5-1)29(25-17-6-2-7-18-25,26-19-8-3-9-20-26)28-22-12-14-23-13-10-11-21-27(23)28;1-5-9-13-17(14-10-6-2,15-11-7-3)16-12-8-4/h1-22H;5-16H2,1-4H3/q-1;+1. The summed E-state index contributed by atoms with van der Waals surface area (Å²) in [7, 11) is 0. The van der Waals surface area contributed by atoms with E-state index in [0.29, 0.717) is 0 Å². The van der Waals surface area contributed by atoms with Gasteiger partial charge in [0.05, 0.1) is 26.2 Å². The van der Waals surface area contributed by atoms with Crippen molar-refractivity contribution in [3.63, 3.8) is 0 Å². The van der Waals surface area contributed by atoms with E-state index in [1.54, 1.807) is 0 Å². The third kappa shape index (κ3) is 8.59. The Bertz CT molecular complexity index is 1390. The lowest BCUT2D eigenvalue weighted by atomic mass is 9.12. The first-order valence-corrected chi connectivity index (χ1v) is 18.3. The van der Waals surface area contributed by atoms with Crippen LogP contribution in [0.1, 0.15) is 79.1 Å². The first-order valence-electron chi connectivity index (χ1n) is 18.3. The van der Waals surface area contributed by atoms with Gasteiger partial charge in [-0.1, -0.05) is 192 Å². The molecule has 0 spiro atoms. The van der Waals surface area contributed by atoms with E-state index in [9.17, 15) is 0 Å². The van der Waals surface area contributed by atoms with E-state index >= 15 is 0 Å². The normalized spacial score (nSPS) is 11.7. The zero-order chi connectivity index (χ0) is 32.5. The van der Waals surface area contributed by atoms with Crippen molar-refractivity contribution in [2.45, 2.75) is 79.1 Å². The third-order valence-electron chi connectivity index (χ3n) is 10.1. The highest BCUT2D eigenvalue weighted by molar-refractivity contribution is 7.20. The van der Waals surface area contributed by atoms with E-state index in [2.05, 4.69) is 161 Å². The van der Waals surface area contributed by atoms with Gasteiger partial charge in [-0.15, -0.1) is 0 Å². The summed E-state index contributed by atoms with van der Waals surface area (Å²) in [6, 6.07) is 48.4. The summed E-state index contributed by atoms with van der Waals surface area (Å²) in [6.07, 6.45) is 9.73. The van der Waals surface area contributed by atoms with Crippen LogP contribution in [0.25, 0.3) is 10.8 Å². The molecule has 0 amide bonds. The van der Waals surface area contributed by atoms with Crippen molar-refractivity contribution < 1.29 is 4.48 Å². The van der Waals surface area contributed by atoms with E-state index in [0.717, 1.165) is 0 Å². The molecule has 0 fully saturated rings. The average Bonchev–Trinajstić information content (AvgIpc) is 3.13. The monoisotopic (exact) mass is 611 g/mol. The number of unbranched alkanes of at least 4 members (excludes halogenated alkanes) is 4. The van der Waals surface area contributed by atoms with Crippen LogP contribution in [0, 0.1) is 0 Å². The average molecular weight is 612 g/mol. The second-order valence-electron chi connectivity index (χ2n) is 13.3. The van der Waals surface area contributed by atoms with Crippen molar-refractivity contribution in [2.24, 2.45) is 0 Å². The number of hydrogen-bond donors (Lipinski definition) is 0. The van der Waals surface area contributed by atoms with Gasteiger partial charge in [-0.2, -0.15) is 21.9 Å². The quantitative estimate of drug-likeness (QED) is 0.0771. The highest BCUT2D eigenvalue weighted by Gasteiger charge is 2.32. The maximum atomic E-state index is 2.33. The Morgan fingerprint density at radius 3 is 1.13 bits per heavy atom. The van der Waals surface area contributed by atoms with Gasteiger partial charge in [0, 0.05) is 0 Å². The Hall–Kier alpha value is -3.62. The molecule has 0 aliphatic rings. The van der Waals surface area contributed by atoms with E-state index in [-0.39, 0.29) is 0 Å². The van der Waals surface area contributed by atoms with Gasteiger partial charge in [-0.25, -0.2) is 0 Å². The molecular formula is C44H58BN. The smallest absolute Gasteiger partial charge is 0.108 e. The fraction of sp³-hybridized carbons (Fsp3) is 0.364. The van der Waals surface area contributed by atoms with Gasteiger partial charge in [0.15, 0.2) is 0 Å². The first-order chi connectivity index (χ1) is 22.6. The van der Waals surface area contributed by atoms with Crippen molar-refractivity contribution in [1.82, 2.24) is 0 Å². The molecule has 0 N–H and O–H groups in total. The van der Waals surface area contributed by atoms with Crippen molar-refractivity contribution >= 4 is 38.8 Å². The molecule has 0 unspecified atom stereocenters. The fourth-order valence-corrected chi connectivity index (χ4v) is 7.61. The minimum absolute atomic E-state index is 1.28. The Kier molecular flexibility index (Phi) is 14.2. The highest BCUT2D eigenvalue weighted by atomic mass is 15.3. The van der Waals surface area contributed by atoms with Gasteiger partial charge in [0.2, 0.25) is 0 Å². The lowest BCUT2D eigenvalue weighted by molar-refractivity contribution is -0.929. The number of rotatable bonds is 16. The Labute approximate surface area is 281 Å². The molecule has 5 aromatic rings. The first kappa shape index (κ1) is 35.2. The zero-order valence-corrected chi connectivity index (χ0v) is 29.2. The largest absolute Gasteiger partial charge is 0.324 e. The summed E-state index contributed by atoms with van der Waals surface area (Å²) >= 11 is 0. The SMILES string of the molecule is CCCC[N+](CCCC)(CCCC)CCCC.c1ccc([B-](c2ccccc2)(c2ccccc2)c2cccc3ccccc23)cc1. The molecule has 0 atom stereocenters. The number of hydrogen-bond acceptors (Lipinski definition) is 0. The van der Waals surface area contributed by atoms with Crippen molar-refractivity contribution in [3.05, 3.63) is 133 Å². The van der Waals surface area contributed by atoms with E-state index in [1.165, 1.54) is 115 Å². The van der Waals surface area contributed by atoms with Crippen LogP contribution in [0.2, 0.25) is 0 Å². The van der Waals surface area contributed by atoms with Crippen molar-refractivity contribution in [1.29, 1.82) is 0 Å². The Morgan fingerprint density at radius 2 is 0.739 bits per heavy atom. The molecule has 0 bridgehead atoms. The van der Waals surface area contributed by atoms with Crippen LogP contribution in [0.4, 0.5) is 0 Å². The van der Waals surface area contributed by atoms with Crippen molar-refractivity contribution in [3.8, 4) is 0 Å². The number of benzene rings is 5. The number of fused-ring (bicyclic) bond motifs is 1. The van der Waals surface area contributed by atoms with Gasteiger partial charge in [0.25, 0.3) is 0 Å². The van der Waals surface area contributed by atoms with E-state index in [4.69, 9.17) is 0 Å². The molecule has 5 aromatic carbocycles. The van der Waals surface area contributed by atoms with Gasteiger partial charge < -0.3 is 4.48 Å². The van der Waals surface area contributed by atoms with Crippen molar-refractivity contribution in [2.75, 3.05) is 26.2 Å². The maximum Gasteiger partial charge on any atom is 0.108 e. The van der Waals surface area contributed by atoms with Gasteiger partial charge in [0.1, 0.15) is 6.15 Å². The zero-order valence-electron chi connectivity index (χ0n) is 29.2. The maximum absolute atomic E-state index is 2.33. The molecule has 1 nitrogen and oxygen atoms in total. The highest BCUT2D eigenvalue weighted by Crippen LogP contribution is 2.18. The third-order valence-corrected chi connectivity index (χ3v) is 10.1. The van der Waals surface area contributed by atoms with Crippen LogP contribution in [-0.4, -0.2) is 36.8 Å². The second-order valence-corrected chi connectivity index (χ2v) is 13.3. The second kappa shape index (κ2) is 18.5. The molecule has 0 saturated heterocycles. The Balaban J connectivity index is 0.000000244. The molecule has 0 heterocycles. The molecular weight excluding hydrogens is 553 g/mol. The summed E-state index contributed by atoms with van der Waals surface area (Å²) in [5, 5.41) is 2.59. The van der Waals surface area contributed by atoms with Crippen LogP contribution in [0.5, 0.6) is 0 Å². The molecule has 242 valence electrons. The van der Waals surface area contributed by atoms with E-state index < -0.39 is 6.15 Å². The van der Waals surface area contributed by atoms with Gasteiger partial charge >= 0.3 is 0 Å². The molecule has 46 heavy (non-hydrogen) atoms. The predicted molar refractivity (Wildman–Crippen MR) is 207 cm³/mol. The molecule has 2 heteroatoms. The molecule has 5 rings (SSSR count). The minimum atomic E-state index is -1.33. The lowest BCUT2D eigenvalue weighted by Gasteiger charge is -2.45. The lowest BCUT2D eigenvalue weighted by Crippen LogP contribution is -2.74. The summed E-state index contributed by atoms with van der Waals surface area (Å²) in [6.45, 7) is 15.0. The van der Waals surface area contributed by atoms with Crippen LogP contribution >= 0.6 is 0 Å². The van der Waals surface area contributed by atoms with Gasteiger partial charge in [-0.3, -0.25) is 0 Å². The topological polar surface area (TPSA) is 0 Å². The number of quaternary nitrogens is 1. The minimum Gasteiger partial charge on any atom is -0.324 e. The summed E-state index contributed by atoms with van der Waals surface area (Å²) in [5.74, 6) is 0. The van der Waals surface area contributed by atoms with Gasteiger partial charge in [-0.05, 0) is 31.1 Å². The summed E-state index contributed by atoms with van der Waals surface area (Å²) in [4.78, 5) is 0. The summed E-state index contributed by atoms with van der Waals surface area (Å²) in [5.41, 5.74) is 5.37. The van der Waals surface area contributed by atoms with E-state index in [1.807, 2.05) is 0 Å². The molecule has 0 aromatic heterocycles. The molecule has 0 aliphatic carbocycles. The van der Waals surface area contributed by atoms with Crippen LogP contribution in [-0.2, 0) is 0 Å². The van der Waals surface area contributed by atoms with Crippen LogP contribution in [0.3, 0.4) is 0 Å². The number of nitrogens with zero attached hydrogens (tertiary/aromatic N) is 1. The fourth-order valence-electron chi connectivity index (χ4n) is 7.61. The molecule has 0 aliphatic heterocycles. The molecule has 0 saturated carbocycles. The predicted octanol–water partition coefficient (Wildman–Crippen LogP) is 9.22. The summed E-state index contributed by atoms with van der Waals surface area (Å²) < 4.78 is 1.42.